The topological polar surface area (TPSA) is 51.5 Å². The van der Waals surface area contributed by atoms with Crippen molar-refractivity contribution in [1.29, 1.82) is 0 Å². The highest BCUT2D eigenvalue weighted by Crippen LogP contribution is 2.30. The number of carbonyl (C=O) groups excluding carboxylic acids is 1. The number of hydrogen-bond donors (Lipinski definition) is 1. The summed E-state index contributed by atoms with van der Waals surface area (Å²) in [6.45, 7) is 3.93. The van der Waals surface area contributed by atoms with Crippen LogP contribution in [-0.2, 0) is 0 Å². The third-order valence-electron chi connectivity index (χ3n) is 4.12. The zero-order valence-electron chi connectivity index (χ0n) is 14.7. The number of carbonyl (C=O) groups is 1. The van der Waals surface area contributed by atoms with E-state index in [1.54, 1.807) is 24.3 Å². The molecule has 130 valence electrons. The van der Waals surface area contributed by atoms with Gasteiger partial charge in [0.05, 0.1) is 6.10 Å². The van der Waals surface area contributed by atoms with Crippen LogP contribution in [0, 0.1) is 0 Å². The lowest BCUT2D eigenvalue weighted by Crippen LogP contribution is -2.12. The van der Waals surface area contributed by atoms with Gasteiger partial charge in [-0.1, -0.05) is 18.2 Å². The summed E-state index contributed by atoms with van der Waals surface area (Å²) < 4.78 is 11.5. The normalized spacial score (nSPS) is 11.2. The molecule has 26 heavy (non-hydrogen) atoms. The summed E-state index contributed by atoms with van der Waals surface area (Å²) in [5.74, 6) is 0.580. The molecule has 0 atom stereocenters. The van der Waals surface area contributed by atoms with Crippen molar-refractivity contribution in [2.75, 3.05) is 5.32 Å². The highest BCUT2D eigenvalue weighted by molar-refractivity contribution is 6.08. The molecule has 0 saturated heterocycles. The van der Waals surface area contributed by atoms with Gasteiger partial charge in [0.15, 0.2) is 0 Å². The number of benzene rings is 3. The van der Waals surface area contributed by atoms with Crippen LogP contribution in [0.3, 0.4) is 0 Å². The Labute approximate surface area is 151 Å². The number of ether oxygens (including phenoxy) is 1. The van der Waals surface area contributed by atoms with Crippen molar-refractivity contribution in [3.63, 3.8) is 0 Å². The summed E-state index contributed by atoms with van der Waals surface area (Å²) in [5.41, 5.74) is 2.87. The number of rotatable bonds is 4. The van der Waals surface area contributed by atoms with E-state index in [1.165, 1.54) is 0 Å². The fraction of sp³-hybridized carbons (Fsp3) is 0.136. The maximum Gasteiger partial charge on any atom is 0.255 e. The van der Waals surface area contributed by atoms with Crippen molar-refractivity contribution < 1.29 is 13.9 Å². The van der Waals surface area contributed by atoms with Crippen molar-refractivity contribution >= 4 is 33.5 Å². The molecule has 4 heteroatoms. The number of anilines is 1. The molecule has 1 heterocycles. The van der Waals surface area contributed by atoms with E-state index in [1.807, 2.05) is 56.3 Å². The lowest BCUT2D eigenvalue weighted by molar-refractivity contribution is 0.102. The van der Waals surface area contributed by atoms with E-state index in [-0.39, 0.29) is 12.0 Å². The van der Waals surface area contributed by atoms with Crippen molar-refractivity contribution in [3.05, 3.63) is 72.3 Å². The average molecular weight is 345 g/mol. The Bertz CT molecular complexity index is 1080. The highest BCUT2D eigenvalue weighted by Gasteiger charge is 2.10. The van der Waals surface area contributed by atoms with Crippen molar-refractivity contribution in [1.82, 2.24) is 0 Å². The Hall–Kier alpha value is -3.27. The fourth-order valence-corrected chi connectivity index (χ4v) is 2.96. The minimum atomic E-state index is -0.170. The molecule has 1 N–H and O–H groups in total. The predicted molar refractivity (Wildman–Crippen MR) is 104 cm³/mol. The molecule has 0 bridgehead atoms. The van der Waals surface area contributed by atoms with Gasteiger partial charge in [0.1, 0.15) is 16.9 Å². The van der Waals surface area contributed by atoms with Gasteiger partial charge in [0.25, 0.3) is 5.91 Å². The zero-order chi connectivity index (χ0) is 18.1. The summed E-state index contributed by atoms with van der Waals surface area (Å²) in [6, 6.07) is 20.7. The Morgan fingerprint density at radius 2 is 1.65 bits per heavy atom. The van der Waals surface area contributed by atoms with Gasteiger partial charge in [0.2, 0.25) is 0 Å². The molecule has 4 nitrogen and oxygen atoms in total. The molecule has 0 fully saturated rings. The van der Waals surface area contributed by atoms with Crippen LogP contribution in [0.1, 0.15) is 24.2 Å². The standard InChI is InChI=1S/C22H19NO3/c1-14(2)25-17-10-7-15(8-11-17)22(24)23-16-9-12-19-18-5-3-4-6-20(18)26-21(19)13-16/h3-14H,1-2H3,(H,23,24). The second kappa shape index (κ2) is 6.56. The number of fused-ring (bicyclic) bond motifs is 3. The molecule has 0 aliphatic rings. The molecule has 0 spiro atoms. The lowest BCUT2D eigenvalue weighted by atomic mass is 10.1. The fourth-order valence-electron chi connectivity index (χ4n) is 2.96. The van der Waals surface area contributed by atoms with Crippen LogP contribution in [0.25, 0.3) is 21.9 Å². The summed E-state index contributed by atoms with van der Waals surface area (Å²) >= 11 is 0. The van der Waals surface area contributed by atoms with Crippen molar-refractivity contribution in [2.45, 2.75) is 20.0 Å². The summed E-state index contributed by atoms with van der Waals surface area (Å²) in [4.78, 5) is 12.5. The van der Waals surface area contributed by atoms with Gasteiger partial charge < -0.3 is 14.5 Å². The minimum absolute atomic E-state index is 0.102. The molecule has 4 aromatic rings. The first-order valence-corrected chi connectivity index (χ1v) is 8.59. The smallest absolute Gasteiger partial charge is 0.255 e. The first-order chi connectivity index (χ1) is 12.6. The first kappa shape index (κ1) is 16.2. The number of nitrogens with one attached hydrogen (secondary N) is 1. The summed E-state index contributed by atoms with van der Waals surface area (Å²) in [7, 11) is 0. The number of hydrogen-bond acceptors (Lipinski definition) is 3. The first-order valence-electron chi connectivity index (χ1n) is 8.59. The molecule has 0 unspecified atom stereocenters. The third-order valence-corrected chi connectivity index (χ3v) is 4.12. The minimum Gasteiger partial charge on any atom is -0.491 e. The average Bonchev–Trinajstić information content (AvgIpc) is 2.99. The van der Waals surface area contributed by atoms with Crippen LogP contribution in [-0.4, -0.2) is 12.0 Å². The van der Waals surface area contributed by atoms with Crippen LogP contribution in [0.4, 0.5) is 5.69 Å². The molecule has 4 rings (SSSR count). The quantitative estimate of drug-likeness (QED) is 0.522. The summed E-state index contributed by atoms with van der Waals surface area (Å²) in [5, 5.41) is 5.02. The van der Waals surface area contributed by atoms with E-state index in [0.717, 1.165) is 27.7 Å². The molecule has 0 saturated carbocycles. The highest BCUT2D eigenvalue weighted by atomic mass is 16.5. The molecule has 0 aliphatic carbocycles. The monoisotopic (exact) mass is 345 g/mol. The lowest BCUT2D eigenvalue weighted by Gasteiger charge is -2.10. The van der Waals surface area contributed by atoms with E-state index >= 15 is 0 Å². The maximum absolute atomic E-state index is 12.5. The Kier molecular flexibility index (Phi) is 4.09. The van der Waals surface area contributed by atoms with E-state index < -0.39 is 0 Å². The van der Waals surface area contributed by atoms with Crippen LogP contribution in [0.2, 0.25) is 0 Å². The molecular weight excluding hydrogens is 326 g/mol. The predicted octanol–water partition coefficient (Wildman–Crippen LogP) is 5.63. The molecule has 0 aliphatic heterocycles. The van der Waals surface area contributed by atoms with Gasteiger partial charge in [-0.05, 0) is 56.3 Å². The van der Waals surface area contributed by atoms with E-state index in [2.05, 4.69) is 5.32 Å². The van der Waals surface area contributed by atoms with Gasteiger partial charge in [-0.15, -0.1) is 0 Å². The number of para-hydroxylation sites is 1. The Morgan fingerprint density at radius 1 is 0.923 bits per heavy atom. The molecule has 1 aromatic heterocycles. The van der Waals surface area contributed by atoms with Crippen molar-refractivity contribution in [2.24, 2.45) is 0 Å². The Morgan fingerprint density at radius 3 is 2.42 bits per heavy atom. The molecule has 3 aromatic carbocycles. The van der Waals surface area contributed by atoms with Crippen LogP contribution >= 0.6 is 0 Å². The Balaban J connectivity index is 1.56. The van der Waals surface area contributed by atoms with Gasteiger partial charge in [-0.3, -0.25) is 4.79 Å². The molecule has 0 radical (unpaired) electrons. The summed E-state index contributed by atoms with van der Waals surface area (Å²) in [6.07, 6.45) is 0.102. The van der Waals surface area contributed by atoms with Crippen LogP contribution < -0.4 is 10.1 Å². The van der Waals surface area contributed by atoms with Gasteiger partial charge in [0, 0.05) is 28.1 Å². The van der Waals surface area contributed by atoms with Gasteiger partial charge in [-0.2, -0.15) is 0 Å². The van der Waals surface area contributed by atoms with Crippen LogP contribution in [0.15, 0.2) is 71.1 Å². The zero-order valence-corrected chi connectivity index (χ0v) is 14.7. The third kappa shape index (κ3) is 3.14. The van der Waals surface area contributed by atoms with E-state index in [0.29, 0.717) is 11.3 Å². The van der Waals surface area contributed by atoms with E-state index in [9.17, 15) is 4.79 Å². The number of amides is 1. The second-order valence-electron chi connectivity index (χ2n) is 6.45. The largest absolute Gasteiger partial charge is 0.491 e. The molecular formula is C22H19NO3. The van der Waals surface area contributed by atoms with Gasteiger partial charge in [-0.25, -0.2) is 0 Å². The number of furan rings is 1. The van der Waals surface area contributed by atoms with Crippen LogP contribution in [0.5, 0.6) is 5.75 Å². The van der Waals surface area contributed by atoms with E-state index in [4.69, 9.17) is 9.15 Å². The second-order valence-corrected chi connectivity index (χ2v) is 6.45. The van der Waals surface area contributed by atoms with Gasteiger partial charge >= 0.3 is 0 Å². The SMILES string of the molecule is CC(C)Oc1ccc(C(=O)Nc2ccc3c(c2)oc2ccccc23)cc1. The molecule has 1 amide bonds. The van der Waals surface area contributed by atoms with Crippen molar-refractivity contribution in [3.8, 4) is 5.75 Å². The maximum atomic E-state index is 12.5.